The highest BCUT2D eigenvalue weighted by Crippen LogP contribution is 2.39. The van der Waals surface area contributed by atoms with Crippen LogP contribution in [0.5, 0.6) is 0 Å². The number of thioether (sulfide) groups is 1. The first kappa shape index (κ1) is 31.0. The average Bonchev–Trinajstić information content (AvgIpc) is 3.40. The van der Waals surface area contributed by atoms with Crippen molar-refractivity contribution in [2.75, 3.05) is 29.5 Å². The smallest absolute Gasteiger partial charge is 0.310 e. The number of esters is 1. The maximum Gasteiger partial charge on any atom is 0.310 e. The molecule has 2 aliphatic rings. The molecule has 0 N–H and O–H groups in total. The van der Waals surface area contributed by atoms with Gasteiger partial charge in [0.25, 0.3) is 17.0 Å². The minimum absolute atomic E-state index is 0.0402. The van der Waals surface area contributed by atoms with Crippen LogP contribution in [0.1, 0.15) is 42.1 Å². The molecule has 11 nitrogen and oxygen atoms in total. The van der Waals surface area contributed by atoms with Crippen LogP contribution in [0.2, 0.25) is 0 Å². The van der Waals surface area contributed by atoms with Crippen molar-refractivity contribution in [1.82, 2.24) is 13.9 Å². The quantitative estimate of drug-likeness (QED) is 0.228. The number of thiocarbonyl (C=S) groups is 1. The predicted molar refractivity (Wildman–Crippen MR) is 174 cm³/mol. The van der Waals surface area contributed by atoms with Crippen LogP contribution in [0, 0.1) is 31.1 Å². The predicted octanol–water partition coefficient (Wildman–Crippen LogP) is 3.55. The van der Waals surface area contributed by atoms with Gasteiger partial charge in [-0.25, -0.2) is 4.68 Å². The molecule has 0 spiro atoms. The summed E-state index contributed by atoms with van der Waals surface area (Å²) in [6.07, 6.45) is 2.98. The number of hydrogen-bond donors (Lipinski definition) is 0. The van der Waals surface area contributed by atoms with Gasteiger partial charge in [-0.3, -0.25) is 33.3 Å². The molecule has 0 bridgehead atoms. The van der Waals surface area contributed by atoms with Crippen molar-refractivity contribution in [3.63, 3.8) is 0 Å². The minimum Gasteiger partial charge on any atom is -0.466 e. The van der Waals surface area contributed by atoms with E-state index in [2.05, 4.69) is 0 Å². The summed E-state index contributed by atoms with van der Waals surface area (Å²) in [6, 6.07) is 11.1. The third kappa shape index (κ3) is 5.18. The molecule has 5 rings (SSSR count). The summed E-state index contributed by atoms with van der Waals surface area (Å²) in [6.45, 7) is 6.34. The fourth-order valence-electron chi connectivity index (χ4n) is 5.82. The number of carbonyl (C=O) groups is 2. The van der Waals surface area contributed by atoms with E-state index in [4.69, 9.17) is 17.0 Å². The molecule has 1 atom stereocenters. The molecular weight excluding hydrogens is 601 g/mol. The zero-order valence-electron chi connectivity index (χ0n) is 25.1. The number of hydrogen-bond acceptors (Lipinski definition) is 9. The lowest BCUT2D eigenvalue weighted by Crippen LogP contribution is -2.42. The highest BCUT2D eigenvalue weighted by atomic mass is 32.2. The van der Waals surface area contributed by atoms with Gasteiger partial charge in [-0.2, -0.15) is 5.26 Å². The number of ether oxygens (including phenoxy) is 1. The zero-order valence-corrected chi connectivity index (χ0v) is 26.8. The summed E-state index contributed by atoms with van der Waals surface area (Å²) in [4.78, 5) is 57.0. The topological polar surface area (TPSA) is 123 Å². The Morgan fingerprint density at radius 3 is 2.52 bits per heavy atom. The summed E-state index contributed by atoms with van der Waals surface area (Å²) >= 11 is 6.68. The Kier molecular flexibility index (Phi) is 8.67. The van der Waals surface area contributed by atoms with Crippen LogP contribution in [-0.4, -0.2) is 49.8 Å². The summed E-state index contributed by atoms with van der Waals surface area (Å²) in [7, 11) is 3.32. The minimum atomic E-state index is -0.480. The van der Waals surface area contributed by atoms with Gasteiger partial charge in [0.1, 0.15) is 23.1 Å². The SMILES string of the molecule is CCOC(=O)C1CCCN(c2c(/C=C3/SC(=S)N(c4c(C)n(C)n(-c5ccccc5)c4=O)C3=O)c(C)c(C#N)c(=O)n2C)C1. The number of carbonyl (C=O) groups excluding carboxylic acids is 2. The molecule has 44 heavy (non-hydrogen) atoms. The number of para-hydroxylation sites is 1. The second kappa shape index (κ2) is 12.3. The van der Waals surface area contributed by atoms with E-state index >= 15 is 0 Å². The molecular formula is C31H32N6O5S2. The molecule has 1 amide bonds. The number of pyridine rings is 1. The summed E-state index contributed by atoms with van der Waals surface area (Å²) in [5, 5.41) is 9.85. The van der Waals surface area contributed by atoms with Gasteiger partial charge >= 0.3 is 5.97 Å². The lowest BCUT2D eigenvalue weighted by Gasteiger charge is -2.35. The van der Waals surface area contributed by atoms with Crippen LogP contribution in [0.25, 0.3) is 11.8 Å². The van der Waals surface area contributed by atoms with E-state index in [-0.39, 0.29) is 39.0 Å². The van der Waals surface area contributed by atoms with Gasteiger partial charge in [-0.05, 0) is 57.4 Å². The second-order valence-electron chi connectivity index (χ2n) is 10.7. The van der Waals surface area contributed by atoms with Gasteiger partial charge in [-0.15, -0.1) is 0 Å². The number of rotatable bonds is 6. The number of anilines is 2. The van der Waals surface area contributed by atoms with Crippen molar-refractivity contribution >= 4 is 57.8 Å². The molecule has 0 saturated carbocycles. The van der Waals surface area contributed by atoms with Crippen LogP contribution in [0.4, 0.5) is 11.5 Å². The molecule has 228 valence electrons. The third-order valence-corrected chi connectivity index (χ3v) is 9.43. The third-order valence-electron chi connectivity index (χ3n) is 8.13. The van der Waals surface area contributed by atoms with Crippen molar-refractivity contribution in [2.24, 2.45) is 20.0 Å². The maximum absolute atomic E-state index is 14.0. The molecule has 1 aromatic carbocycles. The van der Waals surface area contributed by atoms with Crippen LogP contribution < -0.4 is 20.9 Å². The van der Waals surface area contributed by atoms with Crippen LogP contribution in [-0.2, 0) is 28.4 Å². The largest absolute Gasteiger partial charge is 0.466 e. The fraction of sp³-hybridized carbons (Fsp3) is 0.355. The summed E-state index contributed by atoms with van der Waals surface area (Å²) < 4.78 is 10.0. The van der Waals surface area contributed by atoms with Crippen LogP contribution in [0.15, 0.2) is 44.8 Å². The Bertz CT molecular complexity index is 1880. The van der Waals surface area contributed by atoms with Crippen molar-refractivity contribution in [3.05, 3.63) is 78.3 Å². The normalized spacial score (nSPS) is 17.8. The molecule has 13 heteroatoms. The van der Waals surface area contributed by atoms with E-state index in [9.17, 15) is 24.4 Å². The molecule has 0 radical (unpaired) electrons. The number of amides is 1. The lowest BCUT2D eigenvalue weighted by atomic mass is 9.96. The fourth-order valence-corrected chi connectivity index (χ4v) is 7.07. The zero-order chi connectivity index (χ0) is 31.9. The Morgan fingerprint density at radius 2 is 1.86 bits per heavy atom. The Morgan fingerprint density at radius 1 is 1.16 bits per heavy atom. The van der Waals surface area contributed by atoms with E-state index in [0.717, 1.165) is 11.8 Å². The standard InChI is InChI=1S/C31H32N6O5S2/c1-6-42-30(41)20-11-10-14-35(17-20)26-22(18(2)23(16-32)27(38)33(26)4)15-24-28(39)36(31(43)44-24)25-19(3)34(5)37(29(25)40)21-12-8-7-9-13-21/h7-9,12-13,15,20H,6,10-11,14,17H2,1-5H3/b24-15+. The number of aromatic nitrogens is 3. The number of nitrogens with zero attached hydrogens (tertiary/aromatic N) is 6. The van der Waals surface area contributed by atoms with Crippen molar-refractivity contribution in [2.45, 2.75) is 33.6 Å². The van der Waals surface area contributed by atoms with E-state index in [1.54, 1.807) is 57.8 Å². The Balaban J connectivity index is 1.61. The van der Waals surface area contributed by atoms with Crippen LogP contribution in [0.3, 0.4) is 0 Å². The van der Waals surface area contributed by atoms with Crippen molar-refractivity contribution in [3.8, 4) is 11.8 Å². The van der Waals surface area contributed by atoms with Gasteiger partial charge in [-0.1, -0.05) is 42.2 Å². The Labute approximate surface area is 263 Å². The van der Waals surface area contributed by atoms with Crippen molar-refractivity contribution in [1.29, 1.82) is 5.26 Å². The Hall–Kier alpha value is -4.41. The van der Waals surface area contributed by atoms with Crippen LogP contribution >= 0.6 is 24.0 Å². The second-order valence-corrected chi connectivity index (χ2v) is 12.4. The molecule has 3 aromatic rings. The first-order valence-electron chi connectivity index (χ1n) is 14.2. The van der Waals surface area contributed by atoms with Gasteiger partial charge in [0.05, 0.1) is 28.8 Å². The highest BCUT2D eigenvalue weighted by Gasteiger charge is 2.39. The average molecular weight is 633 g/mol. The molecule has 2 aliphatic heterocycles. The molecule has 0 aliphatic carbocycles. The van der Waals surface area contributed by atoms with E-state index in [0.29, 0.717) is 54.3 Å². The summed E-state index contributed by atoms with van der Waals surface area (Å²) in [5.41, 5.74) is 1.37. The number of benzene rings is 1. The van der Waals surface area contributed by atoms with Gasteiger partial charge < -0.3 is 9.64 Å². The lowest BCUT2D eigenvalue weighted by molar-refractivity contribution is -0.148. The van der Waals surface area contributed by atoms with Crippen molar-refractivity contribution < 1.29 is 14.3 Å². The van der Waals surface area contributed by atoms with Gasteiger partial charge in [0.15, 0.2) is 4.32 Å². The first-order valence-corrected chi connectivity index (χ1v) is 15.4. The van der Waals surface area contributed by atoms with E-state index in [1.807, 2.05) is 29.2 Å². The number of nitriles is 1. The molecule has 1 unspecified atom stereocenters. The first-order chi connectivity index (χ1) is 21.0. The van der Waals surface area contributed by atoms with E-state index < -0.39 is 17.0 Å². The monoisotopic (exact) mass is 632 g/mol. The van der Waals surface area contributed by atoms with E-state index in [1.165, 1.54) is 14.1 Å². The highest BCUT2D eigenvalue weighted by molar-refractivity contribution is 8.27. The molecule has 2 fully saturated rings. The van der Waals surface area contributed by atoms with Gasteiger partial charge in [0.2, 0.25) is 0 Å². The van der Waals surface area contributed by atoms with Gasteiger partial charge in [0, 0.05) is 32.7 Å². The molecule has 2 saturated heterocycles. The molecule has 2 aromatic heterocycles. The maximum atomic E-state index is 14.0. The summed E-state index contributed by atoms with van der Waals surface area (Å²) in [5.74, 6) is -0.664. The molecule has 4 heterocycles. The number of piperidine rings is 1.